The third kappa shape index (κ3) is 4.90. The molecular formula is C25H29N3O2S. The van der Waals surface area contributed by atoms with Gasteiger partial charge in [-0.05, 0) is 75.9 Å². The molecule has 0 aliphatic carbocycles. The smallest absolute Gasteiger partial charge is 0.234 e. The molecule has 31 heavy (non-hydrogen) atoms. The van der Waals surface area contributed by atoms with E-state index in [0.717, 1.165) is 50.6 Å². The van der Waals surface area contributed by atoms with Crippen LogP contribution < -0.4 is 5.32 Å². The average Bonchev–Trinajstić information content (AvgIpc) is 2.98. The average molecular weight is 436 g/mol. The summed E-state index contributed by atoms with van der Waals surface area (Å²) in [5.41, 5.74) is 8.53. The summed E-state index contributed by atoms with van der Waals surface area (Å²) in [6.45, 7) is 11.5. The molecule has 3 aromatic rings. The van der Waals surface area contributed by atoms with Crippen LogP contribution in [-0.2, 0) is 10.5 Å². The van der Waals surface area contributed by atoms with Gasteiger partial charge in [0.25, 0.3) is 0 Å². The second-order valence-electron chi connectivity index (χ2n) is 7.88. The lowest BCUT2D eigenvalue weighted by molar-refractivity contribution is -0.113. The van der Waals surface area contributed by atoms with Crippen molar-refractivity contribution in [2.75, 3.05) is 11.1 Å². The van der Waals surface area contributed by atoms with Gasteiger partial charge in [0, 0.05) is 11.3 Å². The number of carbonyl (C=O) groups is 2. The Morgan fingerprint density at radius 3 is 2.35 bits per heavy atom. The summed E-state index contributed by atoms with van der Waals surface area (Å²) >= 11 is 1.55. The summed E-state index contributed by atoms with van der Waals surface area (Å²) in [7, 11) is 0. The number of para-hydroxylation sites is 1. The quantitative estimate of drug-likeness (QED) is 0.499. The van der Waals surface area contributed by atoms with Crippen LogP contribution >= 0.6 is 11.8 Å². The van der Waals surface area contributed by atoms with Gasteiger partial charge < -0.3 is 5.32 Å². The van der Waals surface area contributed by atoms with Gasteiger partial charge in [-0.15, -0.1) is 11.8 Å². The Bertz CT molecular complexity index is 1130. The van der Waals surface area contributed by atoms with Crippen molar-refractivity contribution in [3.05, 3.63) is 75.6 Å². The van der Waals surface area contributed by atoms with Crippen molar-refractivity contribution in [2.24, 2.45) is 0 Å². The molecule has 0 unspecified atom stereocenters. The molecule has 0 saturated carbocycles. The topological polar surface area (TPSA) is 64.0 Å². The van der Waals surface area contributed by atoms with Crippen molar-refractivity contribution >= 4 is 29.1 Å². The Kier molecular flexibility index (Phi) is 7.01. The summed E-state index contributed by atoms with van der Waals surface area (Å²) in [6.07, 6.45) is 0. The molecule has 0 bridgehead atoms. The zero-order chi connectivity index (χ0) is 22.7. The highest BCUT2D eigenvalue weighted by Crippen LogP contribution is 2.27. The molecular weight excluding hydrogens is 406 g/mol. The van der Waals surface area contributed by atoms with Crippen LogP contribution in [0.1, 0.15) is 50.9 Å². The van der Waals surface area contributed by atoms with Crippen molar-refractivity contribution in [3.63, 3.8) is 0 Å². The minimum atomic E-state index is -0.0574. The lowest BCUT2D eigenvalue weighted by Gasteiger charge is -2.15. The minimum Gasteiger partial charge on any atom is -0.322 e. The molecule has 1 aromatic heterocycles. The van der Waals surface area contributed by atoms with Gasteiger partial charge in [-0.1, -0.05) is 24.3 Å². The van der Waals surface area contributed by atoms with Crippen molar-refractivity contribution in [1.82, 2.24) is 9.78 Å². The number of rotatable bonds is 7. The molecule has 162 valence electrons. The number of anilines is 1. The number of hydrogen-bond acceptors (Lipinski definition) is 4. The van der Waals surface area contributed by atoms with E-state index in [0.29, 0.717) is 11.5 Å². The van der Waals surface area contributed by atoms with Gasteiger partial charge in [0.05, 0.1) is 28.5 Å². The fourth-order valence-corrected chi connectivity index (χ4v) is 5.06. The van der Waals surface area contributed by atoms with E-state index in [4.69, 9.17) is 0 Å². The fraction of sp³-hybridized carbons (Fsp3) is 0.320. The van der Waals surface area contributed by atoms with Gasteiger partial charge in [0.1, 0.15) is 0 Å². The highest BCUT2D eigenvalue weighted by Gasteiger charge is 2.17. The second-order valence-corrected chi connectivity index (χ2v) is 8.86. The normalized spacial score (nSPS) is 10.9. The number of nitrogens with one attached hydrogen (secondary N) is 1. The maximum absolute atomic E-state index is 12.6. The van der Waals surface area contributed by atoms with Crippen molar-refractivity contribution in [3.8, 4) is 5.69 Å². The molecule has 5 nitrogen and oxygen atoms in total. The molecule has 0 atom stereocenters. The van der Waals surface area contributed by atoms with Crippen LogP contribution in [-0.4, -0.2) is 27.2 Å². The summed E-state index contributed by atoms with van der Waals surface area (Å²) in [4.78, 5) is 24.7. The first-order valence-corrected chi connectivity index (χ1v) is 11.5. The molecule has 0 fully saturated rings. The maximum atomic E-state index is 12.6. The number of aromatic nitrogens is 2. The van der Waals surface area contributed by atoms with E-state index in [1.54, 1.807) is 18.7 Å². The zero-order valence-electron chi connectivity index (χ0n) is 19.0. The second kappa shape index (κ2) is 9.52. The first kappa shape index (κ1) is 22.8. The number of amides is 1. The van der Waals surface area contributed by atoms with Crippen LogP contribution in [0, 0.1) is 34.6 Å². The van der Waals surface area contributed by atoms with Gasteiger partial charge in [0.2, 0.25) is 5.91 Å². The molecule has 1 N–H and O–H groups in total. The van der Waals surface area contributed by atoms with Crippen LogP contribution in [0.15, 0.2) is 36.4 Å². The van der Waals surface area contributed by atoms with Crippen LogP contribution in [0.25, 0.3) is 5.69 Å². The molecule has 2 aromatic carbocycles. The third-order valence-corrected chi connectivity index (χ3v) is 6.48. The highest BCUT2D eigenvalue weighted by molar-refractivity contribution is 7.99. The SMILES string of the molecule is CC(=O)c1c(C)cc(C)c(CSCC(=O)Nc2c(C)nn(-c3ccccc3)c2C)c1C. The van der Waals surface area contributed by atoms with Gasteiger partial charge in [0.15, 0.2) is 5.78 Å². The van der Waals surface area contributed by atoms with E-state index in [1.807, 2.05) is 62.7 Å². The van der Waals surface area contributed by atoms with E-state index in [-0.39, 0.29) is 11.7 Å². The number of Topliss-reactive ketones (excluding diaryl/α,β-unsaturated/α-hetero) is 1. The third-order valence-electron chi connectivity index (χ3n) is 5.52. The summed E-state index contributed by atoms with van der Waals surface area (Å²) in [5, 5.41) is 7.61. The molecule has 6 heteroatoms. The van der Waals surface area contributed by atoms with Crippen molar-refractivity contribution < 1.29 is 9.59 Å². The Labute approximate surface area is 188 Å². The van der Waals surface area contributed by atoms with E-state index in [9.17, 15) is 9.59 Å². The number of ketones is 1. The maximum Gasteiger partial charge on any atom is 0.234 e. The van der Waals surface area contributed by atoms with Crippen LogP contribution in [0.4, 0.5) is 5.69 Å². The zero-order valence-corrected chi connectivity index (χ0v) is 19.8. The Hall–Kier alpha value is -2.86. The number of aryl methyl sites for hydroxylation is 3. The fourth-order valence-electron chi connectivity index (χ4n) is 4.06. The number of thioether (sulfide) groups is 1. The largest absolute Gasteiger partial charge is 0.322 e. The number of benzene rings is 2. The molecule has 1 amide bonds. The van der Waals surface area contributed by atoms with Gasteiger partial charge >= 0.3 is 0 Å². The molecule has 0 spiro atoms. The number of carbonyl (C=O) groups excluding carboxylic acids is 2. The van der Waals surface area contributed by atoms with E-state index in [1.165, 1.54) is 0 Å². The first-order valence-electron chi connectivity index (χ1n) is 10.3. The van der Waals surface area contributed by atoms with Crippen LogP contribution in [0.2, 0.25) is 0 Å². The summed E-state index contributed by atoms with van der Waals surface area (Å²) in [5.74, 6) is 1.04. The van der Waals surface area contributed by atoms with E-state index >= 15 is 0 Å². The van der Waals surface area contributed by atoms with Crippen molar-refractivity contribution in [1.29, 1.82) is 0 Å². The number of hydrogen-bond donors (Lipinski definition) is 1. The van der Waals surface area contributed by atoms with E-state index in [2.05, 4.69) is 23.4 Å². The predicted octanol–water partition coefficient (Wildman–Crippen LogP) is 5.49. The Balaban J connectivity index is 1.68. The standard InChI is InChI=1S/C25H29N3O2S/c1-15-12-16(2)24(20(6)29)17(3)22(15)13-31-14-23(30)26-25-18(4)27-28(19(25)5)21-10-8-7-9-11-21/h7-12H,13-14H2,1-6H3,(H,26,30). The molecule has 0 radical (unpaired) electrons. The Morgan fingerprint density at radius 1 is 1.03 bits per heavy atom. The molecule has 1 heterocycles. The van der Waals surface area contributed by atoms with Gasteiger partial charge in [-0.3, -0.25) is 9.59 Å². The highest BCUT2D eigenvalue weighted by atomic mass is 32.2. The first-order chi connectivity index (χ1) is 14.7. The summed E-state index contributed by atoms with van der Waals surface area (Å²) < 4.78 is 1.85. The monoisotopic (exact) mass is 435 g/mol. The number of nitrogens with zero attached hydrogens (tertiary/aromatic N) is 2. The van der Waals surface area contributed by atoms with E-state index < -0.39 is 0 Å². The van der Waals surface area contributed by atoms with Crippen LogP contribution in [0.5, 0.6) is 0 Å². The minimum absolute atomic E-state index is 0.0574. The summed E-state index contributed by atoms with van der Waals surface area (Å²) in [6, 6.07) is 11.9. The van der Waals surface area contributed by atoms with Crippen molar-refractivity contribution in [2.45, 2.75) is 47.3 Å². The molecule has 0 aliphatic heterocycles. The lowest BCUT2D eigenvalue weighted by atomic mass is 9.92. The molecule has 0 saturated heterocycles. The van der Waals surface area contributed by atoms with Crippen LogP contribution in [0.3, 0.4) is 0 Å². The van der Waals surface area contributed by atoms with Gasteiger partial charge in [-0.25, -0.2) is 4.68 Å². The molecule has 3 rings (SSSR count). The predicted molar refractivity (Wildman–Crippen MR) is 128 cm³/mol. The molecule has 0 aliphatic rings. The lowest BCUT2D eigenvalue weighted by Crippen LogP contribution is -2.15. The van der Waals surface area contributed by atoms with Gasteiger partial charge in [-0.2, -0.15) is 5.10 Å². The Morgan fingerprint density at radius 2 is 1.71 bits per heavy atom.